The predicted molar refractivity (Wildman–Crippen MR) is 88.4 cm³/mol. The molecule has 0 unspecified atom stereocenters. The molecule has 3 rings (SSSR count). The van der Waals surface area contributed by atoms with Crippen LogP contribution in [0.4, 0.5) is 10.5 Å². The largest absolute Gasteiger partial charge is 0.444 e. The van der Waals surface area contributed by atoms with Gasteiger partial charge in [-0.15, -0.1) is 0 Å². The summed E-state index contributed by atoms with van der Waals surface area (Å²) < 4.78 is 5.35. The number of anilines is 1. The lowest BCUT2D eigenvalue weighted by Crippen LogP contribution is -2.38. The molecule has 1 amide bonds. The van der Waals surface area contributed by atoms with Crippen LogP contribution in [0.25, 0.3) is 0 Å². The molecule has 0 aliphatic heterocycles. The summed E-state index contributed by atoms with van der Waals surface area (Å²) in [5.74, 6) is 0. The van der Waals surface area contributed by atoms with Crippen molar-refractivity contribution >= 4 is 23.4 Å². The maximum atomic E-state index is 12.1. The molecule has 3 N–H and O–H groups in total. The zero-order valence-electron chi connectivity index (χ0n) is 13.3. The number of ether oxygens (including phenoxy) is 1. The van der Waals surface area contributed by atoms with E-state index in [1.807, 2.05) is 32.9 Å². The summed E-state index contributed by atoms with van der Waals surface area (Å²) >= 11 is 6.18. The van der Waals surface area contributed by atoms with Crippen molar-refractivity contribution in [3.05, 3.63) is 28.8 Å². The average Bonchev–Trinajstić information content (AvgIpc) is 3.25. The highest BCUT2D eigenvalue weighted by molar-refractivity contribution is 6.30. The van der Waals surface area contributed by atoms with E-state index in [0.29, 0.717) is 5.02 Å². The smallest absolute Gasteiger partial charge is 0.412 e. The standard InChI is InChI=1S/C17H23ClN2O2/c1-15(2,3)22-14(21)20-13-5-4-11(18)10-12(13)16(6-7-16)17(19)8-9-17/h4-5,10H,6-9,19H2,1-3H3,(H,20,21). The van der Waals surface area contributed by atoms with E-state index in [4.69, 9.17) is 22.1 Å². The van der Waals surface area contributed by atoms with Crippen molar-refractivity contribution in [3.63, 3.8) is 0 Å². The summed E-state index contributed by atoms with van der Waals surface area (Å²) in [6.07, 6.45) is 3.71. The van der Waals surface area contributed by atoms with Crippen molar-refractivity contribution in [2.75, 3.05) is 5.32 Å². The minimum absolute atomic E-state index is 0.0394. The van der Waals surface area contributed by atoms with Crippen molar-refractivity contribution in [1.82, 2.24) is 0 Å². The SMILES string of the molecule is CC(C)(C)OC(=O)Nc1ccc(Cl)cc1C1(C2(N)CC2)CC1. The molecule has 0 aromatic heterocycles. The quantitative estimate of drug-likeness (QED) is 0.876. The minimum atomic E-state index is -0.528. The number of carbonyl (C=O) groups excluding carboxylic acids is 1. The number of hydrogen-bond donors (Lipinski definition) is 2. The van der Waals surface area contributed by atoms with Crippen LogP contribution in [0.5, 0.6) is 0 Å². The predicted octanol–water partition coefficient (Wildman–Crippen LogP) is 4.21. The zero-order chi connectivity index (χ0) is 16.2. The zero-order valence-corrected chi connectivity index (χ0v) is 14.1. The van der Waals surface area contributed by atoms with Crippen LogP contribution in [0.3, 0.4) is 0 Å². The molecule has 22 heavy (non-hydrogen) atoms. The minimum Gasteiger partial charge on any atom is -0.444 e. The lowest BCUT2D eigenvalue weighted by atomic mass is 9.85. The third kappa shape index (κ3) is 2.82. The lowest BCUT2D eigenvalue weighted by molar-refractivity contribution is 0.0635. The topological polar surface area (TPSA) is 64.3 Å². The van der Waals surface area contributed by atoms with Gasteiger partial charge in [-0.25, -0.2) is 4.79 Å². The van der Waals surface area contributed by atoms with Crippen molar-refractivity contribution in [2.24, 2.45) is 5.73 Å². The van der Waals surface area contributed by atoms with Crippen molar-refractivity contribution in [1.29, 1.82) is 0 Å². The Kier molecular flexibility index (Phi) is 3.46. The molecule has 120 valence electrons. The summed E-state index contributed by atoms with van der Waals surface area (Å²) in [6, 6.07) is 5.56. The molecule has 0 heterocycles. The Balaban J connectivity index is 1.88. The molecule has 0 atom stereocenters. The lowest BCUT2D eigenvalue weighted by Gasteiger charge is -2.27. The summed E-state index contributed by atoms with van der Waals surface area (Å²) in [6.45, 7) is 5.53. The van der Waals surface area contributed by atoms with Gasteiger partial charge >= 0.3 is 6.09 Å². The first-order valence-corrected chi connectivity index (χ1v) is 8.12. The van der Waals surface area contributed by atoms with Gasteiger partial charge in [-0.3, -0.25) is 5.32 Å². The molecule has 0 saturated heterocycles. The molecule has 4 nitrogen and oxygen atoms in total. The van der Waals surface area contributed by atoms with Gasteiger partial charge in [0.2, 0.25) is 0 Å². The first-order valence-electron chi connectivity index (χ1n) is 7.74. The fourth-order valence-corrected chi connectivity index (χ4v) is 3.38. The van der Waals surface area contributed by atoms with Crippen molar-refractivity contribution in [3.8, 4) is 0 Å². The number of amides is 1. The number of nitrogens with one attached hydrogen (secondary N) is 1. The second kappa shape index (κ2) is 4.87. The molecule has 0 spiro atoms. The Hall–Kier alpha value is -1.26. The summed E-state index contributed by atoms with van der Waals surface area (Å²) in [7, 11) is 0. The fraction of sp³-hybridized carbons (Fsp3) is 0.588. The molecule has 1 aromatic carbocycles. The molecule has 1 aromatic rings. The monoisotopic (exact) mass is 322 g/mol. The van der Waals surface area contributed by atoms with E-state index in [9.17, 15) is 4.79 Å². The number of halogens is 1. The fourth-order valence-electron chi connectivity index (χ4n) is 3.21. The Morgan fingerprint density at radius 2 is 1.91 bits per heavy atom. The molecule has 2 aliphatic carbocycles. The molecular formula is C17H23ClN2O2. The van der Waals surface area contributed by atoms with Crippen LogP contribution < -0.4 is 11.1 Å². The summed E-state index contributed by atoms with van der Waals surface area (Å²) in [5.41, 5.74) is 7.58. The summed E-state index contributed by atoms with van der Waals surface area (Å²) in [5, 5.41) is 3.53. The highest BCUT2D eigenvalue weighted by Gasteiger charge is 2.64. The van der Waals surface area contributed by atoms with Gasteiger partial charge in [0.1, 0.15) is 5.60 Å². The number of nitrogens with two attached hydrogens (primary N) is 1. The van der Waals surface area contributed by atoms with Crippen LogP contribution in [0.1, 0.15) is 52.0 Å². The number of benzene rings is 1. The Bertz CT molecular complexity index is 614. The third-order valence-electron chi connectivity index (χ3n) is 4.62. The van der Waals surface area contributed by atoms with E-state index in [-0.39, 0.29) is 11.0 Å². The van der Waals surface area contributed by atoms with Gasteiger partial charge in [0.25, 0.3) is 0 Å². The van der Waals surface area contributed by atoms with Crippen LogP contribution in [-0.2, 0) is 10.2 Å². The van der Waals surface area contributed by atoms with Gasteiger partial charge in [-0.1, -0.05) is 11.6 Å². The van der Waals surface area contributed by atoms with Gasteiger partial charge in [-0.2, -0.15) is 0 Å². The van der Waals surface area contributed by atoms with Crippen molar-refractivity contribution < 1.29 is 9.53 Å². The van der Waals surface area contributed by atoms with E-state index in [0.717, 1.165) is 36.9 Å². The highest BCUT2D eigenvalue weighted by Crippen LogP contribution is 2.65. The van der Waals surface area contributed by atoms with Gasteiger partial charge < -0.3 is 10.5 Å². The second-order valence-corrected chi connectivity index (χ2v) is 7.99. The maximum absolute atomic E-state index is 12.1. The van der Waals surface area contributed by atoms with Gasteiger partial charge in [0.15, 0.2) is 0 Å². The number of hydrogen-bond acceptors (Lipinski definition) is 3. The molecule has 5 heteroatoms. The van der Waals surface area contributed by atoms with Gasteiger partial charge in [0.05, 0.1) is 0 Å². The number of rotatable bonds is 3. The average molecular weight is 323 g/mol. The van der Waals surface area contributed by atoms with Gasteiger partial charge in [0, 0.05) is 21.7 Å². The molecule has 2 saturated carbocycles. The summed E-state index contributed by atoms with van der Waals surface area (Å²) in [4.78, 5) is 12.1. The maximum Gasteiger partial charge on any atom is 0.412 e. The Labute approximate surface area is 136 Å². The van der Waals surface area contributed by atoms with E-state index >= 15 is 0 Å². The van der Waals surface area contributed by atoms with E-state index < -0.39 is 11.7 Å². The molecule has 2 fully saturated rings. The van der Waals surface area contributed by atoms with Crippen LogP contribution in [0.2, 0.25) is 5.02 Å². The van der Waals surface area contributed by atoms with E-state index in [2.05, 4.69) is 5.32 Å². The normalized spacial score (nSPS) is 21.1. The first-order chi connectivity index (χ1) is 10.2. The molecule has 0 bridgehead atoms. The second-order valence-electron chi connectivity index (χ2n) is 7.56. The van der Waals surface area contributed by atoms with Crippen LogP contribution in [0, 0.1) is 0 Å². The van der Waals surface area contributed by atoms with Crippen LogP contribution in [0.15, 0.2) is 18.2 Å². The van der Waals surface area contributed by atoms with Crippen LogP contribution in [-0.4, -0.2) is 17.2 Å². The number of carbonyl (C=O) groups is 1. The first kappa shape index (κ1) is 15.6. The van der Waals surface area contributed by atoms with Gasteiger partial charge in [-0.05, 0) is 70.2 Å². The van der Waals surface area contributed by atoms with E-state index in [1.54, 1.807) is 6.07 Å². The Morgan fingerprint density at radius 3 is 2.41 bits per heavy atom. The Morgan fingerprint density at radius 1 is 1.27 bits per heavy atom. The molecular weight excluding hydrogens is 300 g/mol. The van der Waals surface area contributed by atoms with Crippen LogP contribution >= 0.6 is 11.6 Å². The molecule has 2 aliphatic rings. The third-order valence-corrected chi connectivity index (χ3v) is 4.86. The molecule has 0 radical (unpaired) electrons. The highest BCUT2D eigenvalue weighted by atomic mass is 35.5. The van der Waals surface area contributed by atoms with Crippen molar-refractivity contribution in [2.45, 2.75) is 63.0 Å². The van der Waals surface area contributed by atoms with E-state index in [1.165, 1.54) is 0 Å².